The highest BCUT2D eigenvalue weighted by atomic mass is 19.1. The molecule has 0 aliphatic carbocycles. The molecule has 1 unspecified atom stereocenters. The first-order chi connectivity index (χ1) is 8.91. The molecule has 1 aromatic rings. The Morgan fingerprint density at radius 2 is 2.16 bits per heavy atom. The third-order valence-corrected chi connectivity index (χ3v) is 2.72. The van der Waals surface area contributed by atoms with E-state index in [1.54, 1.807) is 20.2 Å². The van der Waals surface area contributed by atoms with Crippen molar-refractivity contribution in [1.82, 2.24) is 4.90 Å². The average molecular weight is 269 g/mol. The highest BCUT2D eigenvalue weighted by molar-refractivity contribution is 5.75. The van der Waals surface area contributed by atoms with E-state index in [1.807, 2.05) is 0 Å². The number of carbonyl (C=O) groups is 1. The molecule has 0 aliphatic heterocycles. The zero-order valence-corrected chi connectivity index (χ0v) is 11.5. The second kappa shape index (κ2) is 7.09. The van der Waals surface area contributed by atoms with E-state index in [9.17, 15) is 14.3 Å². The number of ether oxygens (including phenoxy) is 1. The zero-order valence-electron chi connectivity index (χ0n) is 11.5. The summed E-state index contributed by atoms with van der Waals surface area (Å²) in [4.78, 5) is 12.8. The van der Waals surface area contributed by atoms with Crippen LogP contribution in [0.4, 0.5) is 4.39 Å². The molecule has 0 radical (unpaired) electrons. The number of halogens is 1. The highest BCUT2D eigenvalue weighted by Crippen LogP contribution is 2.21. The van der Waals surface area contributed by atoms with E-state index in [-0.39, 0.29) is 11.5 Å². The summed E-state index contributed by atoms with van der Waals surface area (Å²) in [5.74, 6) is -0.0460. The molecule has 19 heavy (non-hydrogen) atoms. The Morgan fingerprint density at radius 1 is 1.47 bits per heavy atom. The maximum Gasteiger partial charge on any atom is 0.222 e. The van der Waals surface area contributed by atoms with Crippen LogP contribution >= 0.6 is 0 Å². The van der Waals surface area contributed by atoms with Gasteiger partial charge in [0.15, 0.2) is 0 Å². The Hall–Kier alpha value is -1.62. The molecule has 0 saturated carbocycles. The molecule has 0 bridgehead atoms. The van der Waals surface area contributed by atoms with Crippen molar-refractivity contribution in [3.63, 3.8) is 0 Å². The molecule has 0 saturated heterocycles. The van der Waals surface area contributed by atoms with Gasteiger partial charge in [-0.15, -0.1) is 0 Å². The molecule has 1 aromatic carbocycles. The average Bonchev–Trinajstić information content (AvgIpc) is 2.33. The fraction of sp³-hybridized carbons (Fsp3) is 0.500. The van der Waals surface area contributed by atoms with Crippen LogP contribution in [0.25, 0.3) is 0 Å². The summed E-state index contributed by atoms with van der Waals surface area (Å²) >= 11 is 0. The molecule has 5 heteroatoms. The molecular weight excluding hydrogens is 249 g/mol. The maximum atomic E-state index is 13.5. The van der Waals surface area contributed by atoms with Crippen molar-refractivity contribution in [2.24, 2.45) is 0 Å². The zero-order chi connectivity index (χ0) is 14.4. The number of carbonyl (C=O) groups excluding carboxylic acids is 1. The third-order valence-electron chi connectivity index (χ3n) is 2.72. The predicted octanol–water partition coefficient (Wildman–Crippen LogP) is 2.13. The van der Waals surface area contributed by atoms with E-state index in [4.69, 9.17) is 4.74 Å². The van der Waals surface area contributed by atoms with Gasteiger partial charge in [0, 0.05) is 32.1 Å². The van der Waals surface area contributed by atoms with Crippen LogP contribution in [0.2, 0.25) is 0 Å². The third kappa shape index (κ3) is 4.87. The smallest absolute Gasteiger partial charge is 0.222 e. The van der Waals surface area contributed by atoms with Gasteiger partial charge in [-0.3, -0.25) is 4.79 Å². The number of nitrogens with zero attached hydrogens (tertiary/aromatic N) is 1. The lowest BCUT2D eigenvalue weighted by molar-refractivity contribution is -0.128. The van der Waals surface area contributed by atoms with Crippen molar-refractivity contribution < 1.29 is 19.0 Å². The second-order valence-corrected chi connectivity index (χ2v) is 4.60. The van der Waals surface area contributed by atoms with Gasteiger partial charge in [-0.05, 0) is 25.5 Å². The van der Waals surface area contributed by atoms with E-state index in [1.165, 1.54) is 24.0 Å². The van der Waals surface area contributed by atoms with E-state index < -0.39 is 11.9 Å². The van der Waals surface area contributed by atoms with Crippen LogP contribution in [-0.2, 0) is 4.79 Å². The largest absolute Gasteiger partial charge is 0.493 e. The van der Waals surface area contributed by atoms with Gasteiger partial charge in [-0.2, -0.15) is 0 Å². The van der Waals surface area contributed by atoms with E-state index in [2.05, 4.69) is 0 Å². The first-order valence-corrected chi connectivity index (χ1v) is 6.22. The number of aliphatic hydroxyl groups is 1. The number of rotatable bonds is 6. The minimum Gasteiger partial charge on any atom is -0.493 e. The Bertz CT molecular complexity index is 433. The van der Waals surface area contributed by atoms with Gasteiger partial charge in [0.25, 0.3) is 0 Å². The normalized spacial score (nSPS) is 12.1. The number of aliphatic hydroxyl groups excluding tert-OH is 1. The predicted molar refractivity (Wildman–Crippen MR) is 70.5 cm³/mol. The molecule has 0 aromatic heterocycles. The summed E-state index contributed by atoms with van der Waals surface area (Å²) in [6.45, 7) is 1.86. The summed E-state index contributed by atoms with van der Waals surface area (Å²) in [5, 5.41) is 9.30. The summed E-state index contributed by atoms with van der Waals surface area (Å²) in [7, 11) is 3.40. The fourth-order valence-electron chi connectivity index (χ4n) is 1.57. The van der Waals surface area contributed by atoms with E-state index in [0.29, 0.717) is 25.2 Å². The highest BCUT2D eigenvalue weighted by Gasteiger charge is 2.09. The van der Waals surface area contributed by atoms with Gasteiger partial charge >= 0.3 is 0 Å². The molecule has 0 spiro atoms. The molecule has 0 fully saturated rings. The molecular formula is C14H20FNO3. The summed E-state index contributed by atoms with van der Waals surface area (Å²) in [5.41, 5.74) is 0.245. The van der Waals surface area contributed by atoms with E-state index >= 15 is 0 Å². The second-order valence-electron chi connectivity index (χ2n) is 4.60. The van der Waals surface area contributed by atoms with Gasteiger partial charge in [0.2, 0.25) is 5.91 Å². The quantitative estimate of drug-likeness (QED) is 0.805. The molecule has 106 valence electrons. The van der Waals surface area contributed by atoms with Gasteiger partial charge < -0.3 is 14.7 Å². The minimum absolute atomic E-state index is 0.0410. The van der Waals surface area contributed by atoms with Crippen LogP contribution in [0.3, 0.4) is 0 Å². The maximum absolute atomic E-state index is 13.5. The number of hydrogen-bond donors (Lipinski definition) is 1. The van der Waals surface area contributed by atoms with Crippen LogP contribution < -0.4 is 4.74 Å². The molecule has 1 amide bonds. The molecule has 0 aliphatic rings. The minimum atomic E-state index is -0.841. The van der Waals surface area contributed by atoms with Crippen LogP contribution in [0, 0.1) is 5.82 Å². The Balaban J connectivity index is 2.42. The standard InChI is InChI=1S/C14H20FNO3/c1-10(17)12-7-6-11(9-13(12)15)19-8-4-5-14(18)16(2)3/h6-7,9-10,17H,4-5,8H2,1-3H3. The number of hydrogen-bond acceptors (Lipinski definition) is 3. The topological polar surface area (TPSA) is 49.8 Å². The van der Waals surface area contributed by atoms with Crippen molar-refractivity contribution in [2.45, 2.75) is 25.9 Å². The van der Waals surface area contributed by atoms with Crippen molar-refractivity contribution in [3.05, 3.63) is 29.6 Å². The molecule has 4 nitrogen and oxygen atoms in total. The lowest BCUT2D eigenvalue weighted by Gasteiger charge is -2.11. The number of amides is 1. The van der Waals surface area contributed by atoms with Gasteiger partial charge in [0.05, 0.1) is 12.7 Å². The molecule has 1 N–H and O–H groups in total. The Kier molecular flexibility index (Phi) is 5.76. The first kappa shape index (κ1) is 15.4. The van der Waals surface area contributed by atoms with Crippen LogP contribution in [0.5, 0.6) is 5.75 Å². The van der Waals surface area contributed by atoms with E-state index in [0.717, 1.165) is 0 Å². The van der Waals surface area contributed by atoms with Crippen molar-refractivity contribution >= 4 is 5.91 Å². The monoisotopic (exact) mass is 269 g/mol. The first-order valence-electron chi connectivity index (χ1n) is 6.22. The lowest BCUT2D eigenvalue weighted by atomic mass is 10.1. The number of benzene rings is 1. The van der Waals surface area contributed by atoms with Gasteiger partial charge in [-0.1, -0.05) is 0 Å². The Labute approximate surface area is 112 Å². The summed E-state index contributed by atoms with van der Waals surface area (Å²) < 4.78 is 18.9. The summed E-state index contributed by atoms with van der Waals surface area (Å²) in [6.07, 6.45) is 0.143. The summed E-state index contributed by atoms with van der Waals surface area (Å²) in [6, 6.07) is 4.36. The van der Waals surface area contributed by atoms with Crippen molar-refractivity contribution in [1.29, 1.82) is 0 Å². The van der Waals surface area contributed by atoms with Gasteiger partial charge in [0.1, 0.15) is 11.6 Å². The SMILES string of the molecule is CC(O)c1ccc(OCCCC(=O)N(C)C)cc1F. The van der Waals surface area contributed by atoms with Crippen LogP contribution in [0.15, 0.2) is 18.2 Å². The van der Waals surface area contributed by atoms with Crippen molar-refractivity contribution in [2.75, 3.05) is 20.7 Å². The van der Waals surface area contributed by atoms with Gasteiger partial charge in [-0.25, -0.2) is 4.39 Å². The van der Waals surface area contributed by atoms with Crippen LogP contribution in [-0.4, -0.2) is 36.6 Å². The fourth-order valence-corrected chi connectivity index (χ4v) is 1.57. The molecule has 0 heterocycles. The lowest BCUT2D eigenvalue weighted by Crippen LogP contribution is -2.21. The van der Waals surface area contributed by atoms with Crippen LogP contribution in [0.1, 0.15) is 31.4 Å². The Morgan fingerprint density at radius 3 is 2.68 bits per heavy atom. The molecule has 1 rings (SSSR count). The molecule has 1 atom stereocenters. The van der Waals surface area contributed by atoms with Crippen molar-refractivity contribution in [3.8, 4) is 5.75 Å².